The molecule has 4 rings (SSSR count). The van der Waals surface area contributed by atoms with Crippen molar-refractivity contribution >= 4 is 40.4 Å². The summed E-state index contributed by atoms with van der Waals surface area (Å²) in [7, 11) is 0. The minimum Gasteiger partial charge on any atom is -0.364 e. The van der Waals surface area contributed by atoms with Gasteiger partial charge in [0.15, 0.2) is 0 Å². The molecule has 0 radical (unpaired) electrons. The van der Waals surface area contributed by atoms with Crippen molar-refractivity contribution in [2.45, 2.75) is 6.54 Å². The Bertz CT molecular complexity index is 859. The lowest BCUT2D eigenvalue weighted by Gasteiger charge is -2.32. The zero-order valence-corrected chi connectivity index (χ0v) is 14.6. The Balaban J connectivity index is 1.62. The number of fused-ring (bicyclic) bond motifs is 1. The van der Waals surface area contributed by atoms with Crippen LogP contribution in [0.4, 0.5) is 11.8 Å². The zero-order valence-electron chi connectivity index (χ0n) is 13.8. The molecule has 0 atom stereocenters. The number of hydrogen-bond acceptors (Lipinski definition) is 6. The van der Waals surface area contributed by atoms with Gasteiger partial charge < -0.3 is 15.1 Å². The van der Waals surface area contributed by atoms with E-state index in [2.05, 4.69) is 27.7 Å². The number of rotatable bonds is 5. The Hall–Kier alpha value is -2.67. The van der Waals surface area contributed by atoms with Crippen LogP contribution in [0.1, 0.15) is 4.88 Å². The fourth-order valence-corrected chi connectivity index (χ4v) is 3.60. The van der Waals surface area contributed by atoms with Gasteiger partial charge in [-0.1, -0.05) is 18.2 Å². The number of thiophene rings is 1. The van der Waals surface area contributed by atoms with Gasteiger partial charge in [-0.3, -0.25) is 4.79 Å². The number of nitrogens with zero attached hydrogens (tertiary/aromatic N) is 4. The predicted octanol–water partition coefficient (Wildman–Crippen LogP) is 2.58. The van der Waals surface area contributed by atoms with E-state index in [9.17, 15) is 4.79 Å². The monoisotopic (exact) mass is 353 g/mol. The number of nitrogens with one attached hydrogen (secondary N) is 1. The first-order valence-electron chi connectivity index (χ1n) is 8.31. The summed E-state index contributed by atoms with van der Waals surface area (Å²) < 4.78 is 0. The molecule has 1 aliphatic heterocycles. The molecule has 0 bridgehead atoms. The fourth-order valence-electron chi connectivity index (χ4n) is 2.95. The van der Waals surface area contributed by atoms with E-state index in [1.54, 1.807) is 16.2 Å². The highest BCUT2D eigenvalue weighted by Crippen LogP contribution is 2.25. The first kappa shape index (κ1) is 15.8. The molecule has 128 valence electrons. The summed E-state index contributed by atoms with van der Waals surface area (Å²) in [5.41, 5.74) is 0.930. The Labute approximate surface area is 150 Å². The number of benzene rings is 1. The van der Waals surface area contributed by atoms with Crippen LogP contribution in [0.3, 0.4) is 0 Å². The van der Waals surface area contributed by atoms with Crippen LogP contribution in [0.25, 0.3) is 10.9 Å². The molecule has 1 N–H and O–H groups in total. The second-order valence-electron chi connectivity index (χ2n) is 5.95. The average molecular weight is 353 g/mol. The number of para-hydroxylation sites is 1. The predicted molar refractivity (Wildman–Crippen MR) is 101 cm³/mol. The topological polar surface area (TPSA) is 61.4 Å². The largest absolute Gasteiger partial charge is 0.364 e. The van der Waals surface area contributed by atoms with E-state index in [0.29, 0.717) is 13.1 Å². The number of carbonyl (C=O) groups is 1. The molecule has 0 spiro atoms. The number of amides is 1. The highest BCUT2D eigenvalue weighted by atomic mass is 32.1. The third-order valence-electron chi connectivity index (χ3n) is 4.35. The summed E-state index contributed by atoms with van der Waals surface area (Å²) in [5, 5.41) is 6.55. The van der Waals surface area contributed by atoms with Crippen LogP contribution in [0.5, 0.6) is 0 Å². The van der Waals surface area contributed by atoms with Crippen molar-refractivity contribution in [3.05, 3.63) is 46.7 Å². The van der Waals surface area contributed by atoms with Crippen molar-refractivity contribution in [3.63, 3.8) is 0 Å². The fraction of sp³-hybridized carbons (Fsp3) is 0.278. The first-order chi connectivity index (χ1) is 12.3. The van der Waals surface area contributed by atoms with E-state index in [4.69, 9.17) is 9.97 Å². The number of carbonyl (C=O) groups excluding carboxylic acids is 1. The maximum absolute atomic E-state index is 10.9. The molecule has 1 saturated heterocycles. The number of anilines is 2. The number of hydrogen-bond donors (Lipinski definition) is 1. The standard InChI is InChI=1S/C18H19N5OS/c24-13-22-7-9-23(10-8-22)18-20-16-6-2-1-5-15(16)17(21-18)19-12-14-4-3-11-25-14/h1-6,11,13H,7-10,12H2,(H,19,20,21). The lowest BCUT2D eigenvalue weighted by atomic mass is 10.2. The maximum atomic E-state index is 10.9. The molecule has 1 aromatic carbocycles. The summed E-state index contributed by atoms with van der Waals surface area (Å²) in [4.78, 5) is 25.6. The summed E-state index contributed by atoms with van der Waals surface area (Å²) in [6.45, 7) is 3.66. The van der Waals surface area contributed by atoms with Crippen LogP contribution in [-0.4, -0.2) is 47.5 Å². The lowest BCUT2D eigenvalue weighted by Crippen LogP contribution is -2.46. The summed E-state index contributed by atoms with van der Waals surface area (Å²) in [5.74, 6) is 1.57. The van der Waals surface area contributed by atoms with Crippen molar-refractivity contribution in [1.29, 1.82) is 0 Å². The molecule has 6 nitrogen and oxygen atoms in total. The Morgan fingerprint density at radius 1 is 1.08 bits per heavy atom. The third-order valence-corrected chi connectivity index (χ3v) is 5.22. The van der Waals surface area contributed by atoms with Crippen molar-refractivity contribution in [3.8, 4) is 0 Å². The van der Waals surface area contributed by atoms with Gasteiger partial charge in [-0.2, -0.15) is 4.98 Å². The molecular weight excluding hydrogens is 334 g/mol. The van der Waals surface area contributed by atoms with Gasteiger partial charge in [0.25, 0.3) is 0 Å². The van der Waals surface area contributed by atoms with Gasteiger partial charge in [0.05, 0.1) is 12.1 Å². The number of piperazine rings is 1. The van der Waals surface area contributed by atoms with Gasteiger partial charge in [0.1, 0.15) is 5.82 Å². The van der Waals surface area contributed by atoms with Crippen LogP contribution in [0, 0.1) is 0 Å². The number of aromatic nitrogens is 2. The van der Waals surface area contributed by atoms with Gasteiger partial charge >= 0.3 is 0 Å². The van der Waals surface area contributed by atoms with Crippen molar-refractivity contribution in [2.24, 2.45) is 0 Å². The third kappa shape index (κ3) is 3.41. The Morgan fingerprint density at radius 3 is 2.68 bits per heavy atom. The molecule has 1 fully saturated rings. The summed E-state index contributed by atoms with van der Waals surface area (Å²) in [6.07, 6.45) is 0.909. The molecule has 2 aromatic heterocycles. The minimum absolute atomic E-state index is 0.706. The molecule has 3 heterocycles. The average Bonchev–Trinajstić information content (AvgIpc) is 3.19. The van der Waals surface area contributed by atoms with E-state index in [1.165, 1.54) is 4.88 Å². The van der Waals surface area contributed by atoms with Crippen LogP contribution < -0.4 is 10.2 Å². The summed E-state index contributed by atoms with van der Waals surface area (Å²) in [6, 6.07) is 12.2. The van der Waals surface area contributed by atoms with Crippen molar-refractivity contribution in [1.82, 2.24) is 14.9 Å². The molecular formula is C18H19N5OS. The zero-order chi connectivity index (χ0) is 17.1. The van der Waals surface area contributed by atoms with Crippen molar-refractivity contribution in [2.75, 3.05) is 36.4 Å². The Morgan fingerprint density at radius 2 is 1.92 bits per heavy atom. The first-order valence-corrected chi connectivity index (χ1v) is 9.19. The van der Waals surface area contributed by atoms with Gasteiger partial charge in [-0.05, 0) is 23.6 Å². The van der Waals surface area contributed by atoms with Crippen LogP contribution in [0.2, 0.25) is 0 Å². The normalized spacial score (nSPS) is 14.7. The molecule has 7 heteroatoms. The SMILES string of the molecule is O=CN1CCN(c2nc(NCc3cccs3)c3ccccc3n2)CC1. The van der Waals surface area contributed by atoms with Crippen molar-refractivity contribution < 1.29 is 4.79 Å². The molecule has 0 unspecified atom stereocenters. The molecule has 1 amide bonds. The van der Waals surface area contributed by atoms with Gasteiger partial charge in [0.2, 0.25) is 12.4 Å². The minimum atomic E-state index is 0.706. The molecule has 1 aliphatic rings. The lowest BCUT2D eigenvalue weighted by molar-refractivity contribution is -0.118. The Kier molecular flexibility index (Phi) is 4.47. The molecule has 0 saturated carbocycles. The van der Waals surface area contributed by atoms with E-state index >= 15 is 0 Å². The molecule has 0 aliphatic carbocycles. The second-order valence-corrected chi connectivity index (χ2v) is 6.98. The van der Waals surface area contributed by atoms with Crippen LogP contribution in [-0.2, 0) is 11.3 Å². The molecule has 3 aromatic rings. The quantitative estimate of drug-likeness (QED) is 0.715. The second kappa shape index (κ2) is 7.06. The maximum Gasteiger partial charge on any atom is 0.228 e. The van der Waals surface area contributed by atoms with Gasteiger partial charge in [-0.15, -0.1) is 11.3 Å². The highest BCUT2D eigenvalue weighted by molar-refractivity contribution is 7.09. The van der Waals surface area contributed by atoms with E-state index in [-0.39, 0.29) is 0 Å². The molecule has 25 heavy (non-hydrogen) atoms. The smallest absolute Gasteiger partial charge is 0.228 e. The summed E-state index contributed by atoms with van der Waals surface area (Å²) >= 11 is 1.73. The van der Waals surface area contributed by atoms with E-state index < -0.39 is 0 Å². The van der Waals surface area contributed by atoms with Crippen LogP contribution >= 0.6 is 11.3 Å². The van der Waals surface area contributed by atoms with E-state index in [1.807, 2.05) is 24.3 Å². The van der Waals surface area contributed by atoms with Crippen LogP contribution in [0.15, 0.2) is 41.8 Å². The van der Waals surface area contributed by atoms with E-state index in [0.717, 1.165) is 48.7 Å². The highest BCUT2D eigenvalue weighted by Gasteiger charge is 2.19. The van der Waals surface area contributed by atoms with Gasteiger partial charge in [0, 0.05) is 36.4 Å². The van der Waals surface area contributed by atoms with Gasteiger partial charge in [-0.25, -0.2) is 4.98 Å².